The largest absolute Gasteiger partial charge is 0.455 e. The Bertz CT molecular complexity index is 2380. The number of hydrogen-bond acceptors (Lipinski definition) is 11. The molecule has 2 aromatic heterocycles. The summed E-state index contributed by atoms with van der Waals surface area (Å²) >= 11 is 6.35. The highest BCUT2D eigenvalue weighted by atomic mass is 35.5. The van der Waals surface area contributed by atoms with Crippen molar-refractivity contribution in [2.45, 2.75) is 55.5 Å². The number of nitro benzene ring substituents is 1. The van der Waals surface area contributed by atoms with Crippen LogP contribution in [0.15, 0.2) is 90.1 Å². The van der Waals surface area contributed by atoms with Crippen LogP contribution in [-0.2, 0) is 14.8 Å². The highest BCUT2D eigenvalue weighted by Gasteiger charge is 2.34. The molecule has 1 unspecified atom stereocenters. The molecule has 298 valence electrons. The number of likely N-dealkylation sites (tertiary alicyclic amines) is 1. The van der Waals surface area contributed by atoms with Crippen LogP contribution in [0, 0.1) is 16.0 Å². The molecule has 3 fully saturated rings. The van der Waals surface area contributed by atoms with Crippen LogP contribution in [0.2, 0.25) is 5.02 Å². The number of piperidine rings is 1. The standard InChI is InChI=1S/C41H44ClN7O7S/c42-30-4-1-3-28(21-30)37-5-2-16-48(37)31-11-17-47(18-12-31)32-6-8-35(39(23-32)56-33-22-29-10-15-43-40(29)45-26-33)41(50)46-57(53,54)34-7-9-36(38(24-34)49(51)52)44-25-27-13-19-55-20-14-27/h1,3-4,6-10,15,21-24,26-27,31,37,44H,2,5,11-14,16-20,25H2,(H,43,45)(H,46,50). The van der Waals surface area contributed by atoms with Crippen molar-refractivity contribution in [1.29, 1.82) is 0 Å². The SMILES string of the molecule is O=C(NS(=O)(=O)c1ccc(NCC2CCOCC2)c([N+](=O)[O-])c1)c1ccc(N2CCC(N3CCCC3c3cccc(Cl)c3)CC2)cc1Oc1cnc2[nH]ccc2c1. The predicted molar refractivity (Wildman–Crippen MR) is 218 cm³/mol. The number of rotatable bonds is 12. The topological polar surface area (TPSA) is 172 Å². The van der Waals surface area contributed by atoms with Gasteiger partial charge in [-0.05, 0) is 105 Å². The van der Waals surface area contributed by atoms with Gasteiger partial charge < -0.3 is 24.7 Å². The van der Waals surface area contributed by atoms with Crippen LogP contribution in [-0.4, -0.2) is 79.6 Å². The van der Waals surface area contributed by atoms with Crippen LogP contribution in [0.5, 0.6) is 11.5 Å². The maximum Gasteiger partial charge on any atom is 0.293 e. The van der Waals surface area contributed by atoms with E-state index in [-0.39, 0.29) is 22.9 Å². The first-order chi connectivity index (χ1) is 27.6. The Kier molecular flexibility index (Phi) is 11.3. The molecule has 0 radical (unpaired) electrons. The first-order valence-corrected chi connectivity index (χ1v) is 21.2. The van der Waals surface area contributed by atoms with Crippen molar-refractivity contribution < 1.29 is 27.6 Å². The molecule has 3 N–H and O–H groups in total. The third-order valence-electron chi connectivity index (χ3n) is 11.3. The van der Waals surface area contributed by atoms with Crippen LogP contribution >= 0.6 is 11.6 Å². The number of aromatic amines is 1. The van der Waals surface area contributed by atoms with Crippen LogP contribution in [0.3, 0.4) is 0 Å². The fraction of sp³-hybridized carbons (Fsp3) is 0.366. The number of benzene rings is 3. The average Bonchev–Trinajstić information content (AvgIpc) is 3.91. The molecule has 0 saturated carbocycles. The molecule has 5 aromatic rings. The van der Waals surface area contributed by atoms with Crippen LogP contribution in [0.4, 0.5) is 17.1 Å². The lowest BCUT2D eigenvalue weighted by Gasteiger charge is -2.40. The van der Waals surface area contributed by atoms with Gasteiger partial charge in [-0.3, -0.25) is 19.8 Å². The zero-order valence-electron chi connectivity index (χ0n) is 31.2. The molecular weight excluding hydrogens is 770 g/mol. The van der Waals surface area contributed by atoms with Gasteiger partial charge in [-0.25, -0.2) is 18.1 Å². The van der Waals surface area contributed by atoms with Crippen molar-refractivity contribution in [1.82, 2.24) is 19.6 Å². The summed E-state index contributed by atoms with van der Waals surface area (Å²) in [5.41, 5.74) is 2.49. The van der Waals surface area contributed by atoms with Crippen molar-refractivity contribution >= 4 is 55.6 Å². The van der Waals surface area contributed by atoms with E-state index in [1.165, 1.54) is 23.9 Å². The number of carbonyl (C=O) groups is 1. The van der Waals surface area contributed by atoms with Gasteiger partial charge in [-0.2, -0.15) is 0 Å². The summed E-state index contributed by atoms with van der Waals surface area (Å²) in [4.78, 5) is 37.1. The molecule has 14 nitrogen and oxygen atoms in total. The van der Waals surface area contributed by atoms with Crippen molar-refractivity contribution in [3.8, 4) is 11.5 Å². The zero-order chi connectivity index (χ0) is 39.5. The van der Waals surface area contributed by atoms with E-state index in [9.17, 15) is 23.3 Å². The molecule has 3 aliphatic heterocycles. The van der Waals surface area contributed by atoms with E-state index in [1.807, 2.05) is 18.2 Å². The van der Waals surface area contributed by atoms with Crippen molar-refractivity contribution in [3.63, 3.8) is 0 Å². The van der Waals surface area contributed by atoms with Crippen molar-refractivity contribution in [2.24, 2.45) is 5.92 Å². The molecule has 3 aliphatic rings. The number of anilines is 2. The van der Waals surface area contributed by atoms with Gasteiger partial charge >= 0.3 is 0 Å². The number of carbonyl (C=O) groups excluding carboxylic acids is 1. The minimum atomic E-state index is -4.54. The fourth-order valence-corrected chi connectivity index (χ4v) is 9.44. The van der Waals surface area contributed by atoms with E-state index in [0.29, 0.717) is 43.2 Å². The lowest BCUT2D eigenvalue weighted by Crippen LogP contribution is -2.44. The van der Waals surface area contributed by atoms with Gasteiger partial charge in [-0.1, -0.05) is 23.7 Å². The van der Waals surface area contributed by atoms with E-state index in [1.54, 1.807) is 30.5 Å². The second-order valence-electron chi connectivity index (χ2n) is 14.8. The maximum absolute atomic E-state index is 13.9. The maximum atomic E-state index is 13.9. The minimum Gasteiger partial charge on any atom is -0.455 e. The predicted octanol–water partition coefficient (Wildman–Crippen LogP) is 7.68. The third kappa shape index (κ3) is 8.71. The van der Waals surface area contributed by atoms with Gasteiger partial charge in [0.15, 0.2) is 0 Å². The Balaban J connectivity index is 1.01. The summed E-state index contributed by atoms with van der Waals surface area (Å²) in [6.45, 7) is 4.33. The van der Waals surface area contributed by atoms with Gasteiger partial charge in [0.05, 0.1) is 21.6 Å². The van der Waals surface area contributed by atoms with E-state index >= 15 is 0 Å². The highest BCUT2D eigenvalue weighted by molar-refractivity contribution is 7.90. The van der Waals surface area contributed by atoms with Crippen LogP contribution in [0.25, 0.3) is 11.0 Å². The number of nitrogens with one attached hydrogen (secondary N) is 3. The lowest BCUT2D eigenvalue weighted by molar-refractivity contribution is -0.384. The quantitative estimate of drug-likeness (QED) is 0.0834. The number of ether oxygens (including phenoxy) is 2. The number of halogens is 1. The molecular formula is C41H44ClN7O7S. The molecule has 0 spiro atoms. The first kappa shape index (κ1) is 38.6. The highest BCUT2D eigenvalue weighted by Crippen LogP contribution is 2.39. The number of hydrogen-bond donors (Lipinski definition) is 3. The molecule has 57 heavy (non-hydrogen) atoms. The Morgan fingerprint density at radius 3 is 2.61 bits per heavy atom. The lowest BCUT2D eigenvalue weighted by atomic mass is 9.98. The van der Waals surface area contributed by atoms with Gasteiger partial charge in [0.1, 0.15) is 22.8 Å². The normalized spacial score (nSPS) is 18.5. The van der Waals surface area contributed by atoms with Gasteiger partial charge in [0.25, 0.3) is 21.6 Å². The third-order valence-corrected chi connectivity index (χ3v) is 12.8. The smallest absolute Gasteiger partial charge is 0.293 e. The van der Waals surface area contributed by atoms with Gasteiger partial charge in [0.2, 0.25) is 0 Å². The molecule has 0 aliphatic carbocycles. The molecule has 1 amide bonds. The fourth-order valence-electron chi connectivity index (χ4n) is 8.26. The number of aromatic nitrogens is 2. The molecule has 5 heterocycles. The zero-order valence-corrected chi connectivity index (χ0v) is 32.8. The Morgan fingerprint density at radius 1 is 1.00 bits per heavy atom. The number of nitro groups is 1. The van der Waals surface area contributed by atoms with E-state index in [2.05, 4.69) is 41.9 Å². The summed E-state index contributed by atoms with van der Waals surface area (Å²) in [5, 5.41) is 16.7. The molecule has 8 rings (SSSR count). The molecule has 3 aromatic carbocycles. The number of fused-ring (bicyclic) bond motifs is 1. The van der Waals surface area contributed by atoms with Crippen molar-refractivity contribution in [3.05, 3.63) is 111 Å². The van der Waals surface area contributed by atoms with Gasteiger partial charge in [0, 0.05) is 79.4 Å². The van der Waals surface area contributed by atoms with E-state index in [0.717, 1.165) is 80.3 Å². The van der Waals surface area contributed by atoms with Crippen molar-refractivity contribution in [2.75, 3.05) is 49.6 Å². The molecule has 16 heteroatoms. The Labute approximate surface area is 335 Å². The number of nitrogens with zero attached hydrogens (tertiary/aromatic N) is 4. The summed E-state index contributed by atoms with van der Waals surface area (Å²) in [7, 11) is -4.54. The summed E-state index contributed by atoms with van der Waals surface area (Å²) < 4.78 is 41.0. The Morgan fingerprint density at radius 2 is 1.82 bits per heavy atom. The average molecular weight is 814 g/mol. The number of amides is 1. The molecule has 0 bridgehead atoms. The van der Waals surface area contributed by atoms with Gasteiger partial charge in [-0.15, -0.1) is 0 Å². The van der Waals surface area contributed by atoms with E-state index in [4.69, 9.17) is 21.1 Å². The Hall–Kier alpha value is -5.22. The van der Waals surface area contributed by atoms with Crippen LogP contribution in [0.1, 0.15) is 60.5 Å². The van der Waals surface area contributed by atoms with Crippen LogP contribution < -0.4 is 19.7 Å². The number of H-pyrrole nitrogens is 1. The second kappa shape index (κ2) is 16.7. The molecule has 1 atom stereocenters. The molecule has 3 saturated heterocycles. The van der Waals surface area contributed by atoms with E-state index < -0.39 is 31.4 Å². The number of pyridine rings is 1. The minimum absolute atomic E-state index is 0.0305. The summed E-state index contributed by atoms with van der Waals surface area (Å²) in [6.07, 6.45) is 9.05. The monoisotopic (exact) mass is 813 g/mol. The summed E-state index contributed by atoms with van der Waals surface area (Å²) in [5.74, 6) is -0.176. The number of sulfonamides is 1. The first-order valence-electron chi connectivity index (χ1n) is 19.3. The second-order valence-corrected chi connectivity index (χ2v) is 17.0. The summed E-state index contributed by atoms with van der Waals surface area (Å²) in [6, 6.07) is 21.2.